The van der Waals surface area contributed by atoms with Crippen molar-refractivity contribution < 1.29 is 7.54 Å². The fourth-order valence-electron chi connectivity index (χ4n) is 0.657. The quantitative estimate of drug-likeness (QED) is 0.589. The van der Waals surface area contributed by atoms with E-state index < -0.39 is 12.3 Å². The zero-order valence-corrected chi connectivity index (χ0v) is 6.69. The van der Waals surface area contributed by atoms with Crippen LogP contribution < -0.4 is 5.32 Å². The summed E-state index contributed by atoms with van der Waals surface area (Å²) in [4.78, 5) is 11.3. The van der Waals surface area contributed by atoms with Crippen molar-refractivity contribution in [1.29, 1.82) is 0 Å². The summed E-state index contributed by atoms with van der Waals surface area (Å²) in [6.45, 7) is 5.61. The molecule has 0 bridgehead atoms. The lowest BCUT2D eigenvalue weighted by molar-refractivity contribution is -0.123. The molecule has 58 valence electrons. The first-order valence-corrected chi connectivity index (χ1v) is 3.50. The average molecular weight is 143 g/mol. The Hall–Kier alpha value is -0.530. The molecule has 2 heteroatoms. The van der Waals surface area contributed by atoms with Gasteiger partial charge in [0.05, 0.1) is 0 Å². The number of hydrogen-bond donors (Lipinski definition) is 1. The second-order valence-electron chi connectivity index (χ2n) is 3.64. The second kappa shape index (κ2) is 2.26. The van der Waals surface area contributed by atoms with Crippen LogP contribution >= 0.6 is 0 Å². The lowest BCUT2D eigenvalue weighted by atomic mass is 10.1. The first-order chi connectivity index (χ1) is 5.26. The van der Waals surface area contributed by atoms with Crippen LogP contribution in [0.2, 0.25) is 0 Å². The molecular formula is C8H15NO. The van der Waals surface area contributed by atoms with Crippen molar-refractivity contribution >= 4 is 5.91 Å². The summed E-state index contributed by atoms with van der Waals surface area (Å²) in [5.41, 5.74) is -0.298. The van der Waals surface area contributed by atoms with Gasteiger partial charge in [-0.15, -0.1) is 0 Å². The van der Waals surface area contributed by atoms with E-state index in [1.54, 1.807) is 0 Å². The Bertz CT molecular complexity index is 212. The molecule has 0 aliphatic heterocycles. The minimum atomic E-state index is -1.16. The van der Waals surface area contributed by atoms with Crippen LogP contribution in [0.15, 0.2) is 0 Å². The summed E-state index contributed by atoms with van der Waals surface area (Å²) in [5.74, 6) is -1.47. The molecule has 10 heavy (non-hydrogen) atoms. The molecule has 1 aliphatic rings. The first-order valence-electron chi connectivity index (χ1n) is 4.58. The van der Waals surface area contributed by atoms with Crippen molar-refractivity contribution in [2.75, 3.05) is 0 Å². The highest BCUT2D eigenvalue weighted by Gasteiger charge is 2.31. The van der Waals surface area contributed by atoms with Crippen LogP contribution in [-0.4, -0.2) is 11.4 Å². The number of rotatable bonds is 1. The molecule has 1 amide bonds. The van der Waals surface area contributed by atoms with Crippen molar-refractivity contribution in [3.8, 4) is 0 Å². The van der Waals surface area contributed by atoms with Gasteiger partial charge in [0, 0.05) is 14.2 Å². The third kappa shape index (κ3) is 2.38. The SMILES string of the molecule is [2H]C1CC1([2H])C(=O)NC(C)(C)C. The molecule has 0 saturated heterocycles. The predicted molar refractivity (Wildman–Crippen MR) is 40.6 cm³/mol. The maximum Gasteiger partial charge on any atom is 0.223 e. The number of nitrogens with one attached hydrogen (secondary N) is 1. The van der Waals surface area contributed by atoms with Crippen LogP contribution in [0.1, 0.15) is 36.3 Å². The van der Waals surface area contributed by atoms with Crippen LogP contribution in [-0.2, 0) is 4.79 Å². The highest BCUT2D eigenvalue weighted by Crippen LogP contribution is 2.29. The van der Waals surface area contributed by atoms with Crippen LogP contribution in [0.3, 0.4) is 0 Å². The Morgan fingerprint density at radius 2 is 2.30 bits per heavy atom. The highest BCUT2D eigenvalue weighted by atomic mass is 16.2. The average Bonchev–Trinajstić information content (AvgIpc) is 2.37. The molecule has 1 aliphatic carbocycles. The highest BCUT2D eigenvalue weighted by molar-refractivity contribution is 5.81. The van der Waals surface area contributed by atoms with Gasteiger partial charge in [0.15, 0.2) is 0 Å². The van der Waals surface area contributed by atoms with E-state index in [4.69, 9.17) is 2.74 Å². The Kier molecular flexibility index (Phi) is 1.17. The topological polar surface area (TPSA) is 29.1 Å². The van der Waals surface area contributed by atoms with E-state index >= 15 is 0 Å². The van der Waals surface area contributed by atoms with Gasteiger partial charge in [-0.25, -0.2) is 0 Å². The molecule has 0 aromatic heterocycles. The van der Waals surface area contributed by atoms with Gasteiger partial charge in [0.2, 0.25) is 5.91 Å². The summed E-state index contributed by atoms with van der Waals surface area (Å²) in [6.07, 6.45) is -0.158. The van der Waals surface area contributed by atoms with Crippen LogP contribution in [0.4, 0.5) is 0 Å². The Labute approximate surface area is 64.8 Å². The first kappa shape index (κ1) is 5.16. The number of carbonyl (C=O) groups is 1. The molecular weight excluding hydrogens is 126 g/mol. The van der Waals surface area contributed by atoms with E-state index in [-0.39, 0.29) is 11.4 Å². The Morgan fingerprint density at radius 3 is 2.60 bits per heavy atom. The van der Waals surface area contributed by atoms with Gasteiger partial charge in [0.25, 0.3) is 0 Å². The molecule has 2 atom stereocenters. The predicted octanol–water partition coefficient (Wildman–Crippen LogP) is 1.31. The lowest BCUT2D eigenvalue weighted by Gasteiger charge is -2.20. The van der Waals surface area contributed by atoms with Crippen molar-refractivity contribution in [3.05, 3.63) is 0 Å². The van der Waals surface area contributed by atoms with Gasteiger partial charge in [-0.3, -0.25) is 4.79 Å². The summed E-state index contributed by atoms with van der Waals surface area (Å²) in [6, 6.07) is 0. The van der Waals surface area contributed by atoms with Gasteiger partial charge in [-0.05, 0) is 33.6 Å². The normalized spacial score (nSPS) is 41.7. The molecule has 1 rings (SSSR count). The van der Waals surface area contributed by atoms with Crippen molar-refractivity contribution in [2.24, 2.45) is 5.89 Å². The zero-order valence-electron chi connectivity index (χ0n) is 8.69. The van der Waals surface area contributed by atoms with E-state index in [0.717, 1.165) is 0 Å². The van der Waals surface area contributed by atoms with Gasteiger partial charge < -0.3 is 5.32 Å². The van der Waals surface area contributed by atoms with E-state index in [9.17, 15) is 4.79 Å². The molecule has 0 radical (unpaired) electrons. The summed E-state index contributed by atoms with van der Waals surface area (Å²) >= 11 is 0. The van der Waals surface area contributed by atoms with Crippen LogP contribution in [0.5, 0.6) is 0 Å². The van der Waals surface area contributed by atoms with Gasteiger partial charge in [-0.2, -0.15) is 0 Å². The van der Waals surface area contributed by atoms with Gasteiger partial charge in [0.1, 0.15) is 0 Å². The second-order valence-corrected chi connectivity index (χ2v) is 3.64. The van der Waals surface area contributed by atoms with E-state index in [1.807, 2.05) is 20.8 Å². The molecule has 1 N–H and O–H groups in total. The molecule has 0 aromatic carbocycles. The number of hydrogen-bond acceptors (Lipinski definition) is 1. The van der Waals surface area contributed by atoms with Crippen molar-refractivity contribution in [2.45, 2.75) is 39.1 Å². The maximum atomic E-state index is 11.3. The molecule has 1 saturated carbocycles. The monoisotopic (exact) mass is 143 g/mol. The molecule has 0 heterocycles. The van der Waals surface area contributed by atoms with E-state index in [1.165, 1.54) is 0 Å². The van der Waals surface area contributed by atoms with E-state index in [2.05, 4.69) is 5.32 Å². The van der Waals surface area contributed by atoms with Gasteiger partial charge >= 0.3 is 0 Å². The van der Waals surface area contributed by atoms with Gasteiger partial charge in [-0.1, -0.05) is 0 Å². The van der Waals surface area contributed by atoms with Crippen molar-refractivity contribution in [3.63, 3.8) is 0 Å². The molecule has 1 fully saturated rings. The summed E-state index contributed by atoms with van der Waals surface area (Å²) in [5, 5.41) is 2.71. The Balaban J connectivity index is 2.51. The number of carbonyl (C=O) groups excluding carboxylic acids is 1. The molecule has 0 aromatic rings. The minimum absolute atomic E-state index is 0.298. The maximum absolute atomic E-state index is 11.3. The minimum Gasteiger partial charge on any atom is -0.351 e. The Morgan fingerprint density at radius 1 is 1.80 bits per heavy atom. The van der Waals surface area contributed by atoms with Crippen molar-refractivity contribution in [1.82, 2.24) is 5.32 Å². The summed E-state index contributed by atoms with van der Waals surface area (Å²) < 4.78 is 14.8. The third-order valence-corrected chi connectivity index (χ3v) is 1.19. The number of amides is 1. The van der Waals surface area contributed by atoms with E-state index in [0.29, 0.717) is 6.42 Å². The fourth-order valence-corrected chi connectivity index (χ4v) is 0.657. The fraction of sp³-hybridized carbons (Fsp3) is 0.875. The standard InChI is InChI=1S/C8H15NO/c1-8(2,3)9-7(10)6-4-5-6/h6H,4-5H2,1-3H3,(H,9,10)/i4D,6D. The summed E-state index contributed by atoms with van der Waals surface area (Å²) in [7, 11) is 0. The van der Waals surface area contributed by atoms with Crippen LogP contribution in [0, 0.1) is 5.89 Å². The largest absolute Gasteiger partial charge is 0.351 e. The third-order valence-electron chi connectivity index (χ3n) is 1.19. The molecule has 0 spiro atoms. The zero-order chi connectivity index (χ0) is 9.57. The molecule has 2 nitrogen and oxygen atoms in total. The smallest absolute Gasteiger partial charge is 0.223 e. The molecule has 2 unspecified atom stereocenters. The van der Waals surface area contributed by atoms with Crippen LogP contribution in [0.25, 0.3) is 0 Å². The lowest BCUT2D eigenvalue weighted by Crippen LogP contribution is -2.41.